The Labute approximate surface area is 275 Å². The first-order valence-corrected chi connectivity index (χ1v) is 16.4. The molecule has 0 amide bonds. The van der Waals surface area contributed by atoms with Crippen LogP contribution in [-0.2, 0) is 0 Å². The molecule has 0 saturated carbocycles. The van der Waals surface area contributed by atoms with E-state index in [1.165, 1.54) is 49.4 Å². The van der Waals surface area contributed by atoms with Crippen LogP contribution in [0.3, 0.4) is 0 Å². The molecule has 0 saturated heterocycles. The van der Waals surface area contributed by atoms with Crippen molar-refractivity contribution < 1.29 is 0 Å². The third-order valence-corrected chi connectivity index (χ3v) is 9.59. The number of benzene rings is 5. The molecule has 47 heavy (non-hydrogen) atoms. The minimum absolute atomic E-state index is 0.0546. The highest BCUT2D eigenvalue weighted by molar-refractivity contribution is 5.89. The fourth-order valence-corrected chi connectivity index (χ4v) is 7.10. The van der Waals surface area contributed by atoms with Crippen molar-refractivity contribution in [2.45, 2.75) is 19.8 Å². The van der Waals surface area contributed by atoms with Crippen molar-refractivity contribution in [3.8, 4) is 34.0 Å². The van der Waals surface area contributed by atoms with E-state index >= 15 is 0 Å². The molecule has 6 aromatic rings. The smallest absolute Gasteiger partial charge is 0.0727 e. The second kappa shape index (κ2) is 12.2. The quantitative estimate of drug-likeness (QED) is 0.205. The number of hydrogen-bond donors (Lipinski definition) is 1. The largest absolute Gasteiger partial charge is 0.358 e. The summed E-state index contributed by atoms with van der Waals surface area (Å²) < 4.78 is 2.43. The summed E-state index contributed by atoms with van der Waals surface area (Å²) in [4.78, 5) is 0. The Bertz CT molecular complexity index is 2330. The molecule has 0 bridgehead atoms. The standard InChI is InChI=1S/C44H35N3/c1-30-36(29-45)21-25-39(33-13-6-3-7-14-33)44(30)46-37-23-19-32(20-24-37)35-22-26-43-41(28-35)40-17-8-9-18-42(40)47(43)38-16-10-15-34(27-38)31-11-4-2-5-12-31/h2-7,10-28,30,36,46H,8-9H2,1H3. The summed E-state index contributed by atoms with van der Waals surface area (Å²) in [6.07, 6.45) is 11.0. The maximum absolute atomic E-state index is 9.78. The van der Waals surface area contributed by atoms with Gasteiger partial charge in [0.05, 0.1) is 17.5 Å². The first kappa shape index (κ1) is 28.6. The van der Waals surface area contributed by atoms with Gasteiger partial charge in [-0.3, -0.25) is 0 Å². The molecule has 2 aliphatic carbocycles. The molecular weight excluding hydrogens is 571 g/mol. The van der Waals surface area contributed by atoms with Crippen molar-refractivity contribution >= 4 is 34.3 Å². The van der Waals surface area contributed by atoms with E-state index in [9.17, 15) is 5.26 Å². The molecule has 226 valence electrons. The lowest BCUT2D eigenvalue weighted by atomic mass is 9.82. The number of aromatic nitrogens is 1. The Balaban J connectivity index is 1.15. The van der Waals surface area contributed by atoms with Crippen LogP contribution in [0.5, 0.6) is 0 Å². The lowest BCUT2D eigenvalue weighted by Crippen LogP contribution is -2.30. The van der Waals surface area contributed by atoms with Crippen LogP contribution >= 0.6 is 0 Å². The molecule has 8 rings (SSSR count). The number of fused-ring (bicyclic) bond motifs is 3. The molecule has 1 N–H and O–H groups in total. The Morgan fingerprint density at radius 2 is 1.34 bits per heavy atom. The zero-order chi connectivity index (χ0) is 31.7. The maximum Gasteiger partial charge on any atom is 0.0727 e. The Morgan fingerprint density at radius 3 is 2.11 bits per heavy atom. The van der Waals surface area contributed by atoms with Gasteiger partial charge in [-0.05, 0) is 77.1 Å². The lowest BCUT2D eigenvalue weighted by molar-refractivity contribution is 0.587. The van der Waals surface area contributed by atoms with Crippen LogP contribution in [0.1, 0.15) is 25.3 Å². The average molecular weight is 606 g/mol. The first-order valence-electron chi connectivity index (χ1n) is 16.4. The highest BCUT2D eigenvalue weighted by Gasteiger charge is 2.25. The summed E-state index contributed by atoms with van der Waals surface area (Å²) in [6.45, 7) is 2.13. The van der Waals surface area contributed by atoms with Crippen molar-refractivity contribution in [1.29, 1.82) is 5.26 Å². The molecule has 3 nitrogen and oxygen atoms in total. The van der Waals surface area contributed by atoms with Gasteiger partial charge in [0.15, 0.2) is 0 Å². The van der Waals surface area contributed by atoms with Crippen molar-refractivity contribution in [3.63, 3.8) is 0 Å². The predicted molar refractivity (Wildman–Crippen MR) is 196 cm³/mol. The highest BCUT2D eigenvalue weighted by Crippen LogP contribution is 2.36. The van der Waals surface area contributed by atoms with Gasteiger partial charge in [-0.1, -0.05) is 122 Å². The fraction of sp³-hybridized carbons (Fsp3) is 0.114. The summed E-state index contributed by atoms with van der Waals surface area (Å²) in [7, 11) is 0. The Morgan fingerprint density at radius 1 is 0.681 bits per heavy atom. The van der Waals surface area contributed by atoms with Crippen LogP contribution in [0, 0.1) is 23.2 Å². The molecule has 2 unspecified atom stereocenters. The molecule has 2 atom stereocenters. The van der Waals surface area contributed by atoms with Gasteiger partial charge in [0, 0.05) is 44.5 Å². The van der Waals surface area contributed by atoms with E-state index in [0.29, 0.717) is 0 Å². The molecule has 0 spiro atoms. The van der Waals surface area contributed by atoms with E-state index in [1.54, 1.807) is 0 Å². The zero-order valence-corrected chi connectivity index (χ0v) is 26.4. The van der Waals surface area contributed by atoms with Gasteiger partial charge in [0.1, 0.15) is 0 Å². The van der Waals surface area contributed by atoms with Gasteiger partial charge < -0.3 is 9.88 Å². The number of nitrogens with one attached hydrogen (secondary N) is 1. The van der Waals surface area contributed by atoms with Crippen molar-refractivity contribution in [2.75, 3.05) is 5.32 Å². The van der Waals surface area contributed by atoms with Gasteiger partial charge in [0.2, 0.25) is 0 Å². The van der Waals surface area contributed by atoms with Crippen molar-refractivity contribution in [3.05, 3.63) is 161 Å². The molecule has 5 aromatic carbocycles. The molecule has 0 fully saturated rings. The molecule has 0 aliphatic heterocycles. The number of anilines is 1. The predicted octanol–water partition coefficient (Wildman–Crippen LogP) is 9.49. The summed E-state index contributed by atoms with van der Waals surface area (Å²) in [5.74, 6) is -0.108. The minimum atomic E-state index is -0.163. The topological polar surface area (TPSA) is 40.8 Å². The molecule has 1 heterocycles. The molecule has 1 aromatic heterocycles. The monoisotopic (exact) mass is 605 g/mol. The molecule has 2 aliphatic rings. The normalized spacial score (nSPS) is 17.0. The third kappa shape index (κ3) is 5.29. The Kier molecular flexibility index (Phi) is 7.40. The maximum atomic E-state index is 9.78. The number of allylic oxidation sites excluding steroid dienone is 4. The van der Waals surface area contributed by atoms with E-state index in [1.807, 2.05) is 12.1 Å². The van der Waals surface area contributed by atoms with Gasteiger partial charge in [0.25, 0.3) is 0 Å². The van der Waals surface area contributed by atoms with Crippen LogP contribution in [0.25, 0.3) is 56.6 Å². The van der Waals surface area contributed by atoms with Crippen LogP contribution in [0.15, 0.2) is 145 Å². The number of rotatable bonds is 6. The van der Waals surface area contributed by atoms with E-state index in [4.69, 9.17) is 0 Å². The van der Waals surface area contributed by atoms with E-state index < -0.39 is 0 Å². The molecule has 3 heteroatoms. The van der Waals surface area contributed by atoms with Crippen LogP contribution < -0.4 is 15.9 Å². The highest BCUT2D eigenvalue weighted by atomic mass is 15.0. The van der Waals surface area contributed by atoms with Crippen LogP contribution in [-0.4, -0.2) is 4.57 Å². The zero-order valence-electron chi connectivity index (χ0n) is 26.4. The lowest BCUT2D eigenvalue weighted by Gasteiger charge is -2.27. The van der Waals surface area contributed by atoms with Crippen molar-refractivity contribution in [2.24, 2.45) is 11.8 Å². The summed E-state index contributed by atoms with van der Waals surface area (Å²) >= 11 is 0. The Hall–Kier alpha value is -5.85. The minimum Gasteiger partial charge on any atom is -0.358 e. The molecule has 0 radical (unpaired) electrons. The third-order valence-electron chi connectivity index (χ3n) is 9.59. The van der Waals surface area contributed by atoms with Gasteiger partial charge in [-0.25, -0.2) is 0 Å². The van der Waals surface area contributed by atoms with E-state index in [0.717, 1.165) is 35.4 Å². The second-order valence-electron chi connectivity index (χ2n) is 12.5. The first-order chi connectivity index (χ1) is 23.2. The molecular formula is C44H35N3. The van der Waals surface area contributed by atoms with Crippen LogP contribution in [0.4, 0.5) is 5.69 Å². The van der Waals surface area contributed by atoms with Gasteiger partial charge in [-0.15, -0.1) is 0 Å². The van der Waals surface area contributed by atoms with Gasteiger partial charge >= 0.3 is 0 Å². The number of nitrogens with zero attached hydrogens (tertiary/aromatic N) is 2. The van der Waals surface area contributed by atoms with E-state index in [2.05, 4.69) is 162 Å². The summed E-state index contributed by atoms with van der Waals surface area (Å²) in [5.41, 5.74) is 11.6. The average Bonchev–Trinajstić information content (AvgIpc) is 3.47. The number of nitriles is 1. The summed E-state index contributed by atoms with van der Waals surface area (Å²) in [6, 6.07) is 47.9. The van der Waals surface area contributed by atoms with Crippen molar-refractivity contribution in [1.82, 2.24) is 4.57 Å². The number of hydrogen-bond acceptors (Lipinski definition) is 2. The SMILES string of the molecule is CC1C(Nc2ccc(-c3ccc4c(c3)c3c(n4-c4cccc(-c5ccccc5)c4)=CCCC=3)cc2)=C(c2ccccc2)C=CC1C#N. The van der Waals surface area contributed by atoms with Crippen LogP contribution in [0.2, 0.25) is 0 Å². The van der Waals surface area contributed by atoms with E-state index in [-0.39, 0.29) is 11.8 Å². The van der Waals surface area contributed by atoms with Gasteiger partial charge in [-0.2, -0.15) is 5.26 Å². The fourth-order valence-electron chi connectivity index (χ4n) is 7.10. The second-order valence-corrected chi connectivity index (χ2v) is 12.5. The summed E-state index contributed by atoms with van der Waals surface area (Å²) in [5, 5.41) is 17.4.